The standard InChI is InChI=1S/C11H18O2/c1-3-5-10(2)11(8-12)6-4-7-13-9-11/h3,8,10H,1,4-7,9H2,2H3. The minimum atomic E-state index is -0.244. The van der Waals surface area contributed by atoms with Crippen molar-refractivity contribution in [3.63, 3.8) is 0 Å². The van der Waals surface area contributed by atoms with Crippen LogP contribution >= 0.6 is 0 Å². The Bertz CT molecular complexity index is 181. The Labute approximate surface area is 80.0 Å². The second-order valence-electron chi connectivity index (χ2n) is 3.93. The first kappa shape index (κ1) is 10.5. The molecule has 0 aromatic carbocycles. The predicted octanol–water partition coefficient (Wildman–Crippen LogP) is 2.19. The lowest BCUT2D eigenvalue weighted by molar-refractivity contribution is -0.128. The number of carbonyl (C=O) groups excluding carboxylic acids is 1. The highest BCUT2D eigenvalue weighted by Crippen LogP contribution is 2.36. The number of hydrogen-bond acceptors (Lipinski definition) is 2. The van der Waals surface area contributed by atoms with Gasteiger partial charge in [0.1, 0.15) is 6.29 Å². The lowest BCUT2D eigenvalue weighted by atomic mass is 9.72. The van der Waals surface area contributed by atoms with Crippen molar-refractivity contribution in [2.75, 3.05) is 13.2 Å². The first-order valence-electron chi connectivity index (χ1n) is 4.90. The van der Waals surface area contributed by atoms with Gasteiger partial charge >= 0.3 is 0 Å². The summed E-state index contributed by atoms with van der Waals surface area (Å²) < 4.78 is 5.38. The smallest absolute Gasteiger partial charge is 0.128 e. The third-order valence-corrected chi connectivity index (χ3v) is 3.04. The second-order valence-corrected chi connectivity index (χ2v) is 3.93. The summed E-state index contributed by atoms with van der Waals surface area (Å²) in [4.78, 5) is 11.1. The summed E-state index contributed by atoms with van der Waals surface area (Å²) in [5.74, 6) is 0.350. The molecule has 1 heterocycles. The van der Waals surface area contributed by atoms with E-state index in [1.807, 2.05) is 6.08 Å². The largest absolute Gasteiger partial charge is 0.380 e. The van der Waals surface area contributed by atoms with Gasteiger partial charge in [0.2, 0.25) is 0 Å². The second kappa shape index (κ2) is 4.56. The molecule has 0 radical (unpaired) electrons. The molecule has 2 heteroatoms. The highest BCUT2D eigenvalue weighted by molar-refractivity contribution is 5.60. The van der Waals surface area contributed by atoms with E-state index in [2.05, 4.69) is 13.5 Å². The van der Waals surface area contributed by atoms with Gasteiger partial charge in [-0.25, -0.2) is 0 Å². The van der Waals surface area contributed by atoms with Gasteiger partial charge in [0.15, 0.2) is 0 Å². The molecule has 0 aromatic rings. The SMILES string of the molecule is C=CCC(C)C1(C=O)CCCOC1. The van der Waals surface area contributed by atoms with E-state index >= 15 is 0 Å². The maximum atomic E-state index is 11.1. The van der Waals surface area contributed by atoms with Gasteiger partial charge in [0.25, 0.3) is 0 Å². The molecule has 13 heavy (non-hydrogen) atoms. The Morgan fingerprint density at radius 1 is 1.69 bits per heavy atom. The maximum absolute atomic E-state index is 11.1. The zero-order valence-corrected chi connectivity index (χ0v) is 8.29. The Morgan fingerprint density at radius 2 is 2.46 bits per heavy atom. The van der Waals surface area contributed by atoms with Crippen molar-refractivity contribution in [1.29, 1.82) is 0 Å². The Morgan fingerprint density at radius 3 is 2.92 bits per heavy atom. The van der Waals surface area contributed by atoms with Gasteiger partial charge in [0.05, 0.1) is 12.0 Å². The van der Waals surface area contributed by atoms with Gasteiger partial charge in [-0.1, -0.05) is 13.0 Å². The molecule has 2 atom stereocenters. The number of allylic oxidation sites excluding steroid dienone is 1. The van der Waals surface area contributed by atoms with Crippen molar-refractivity contribution >= 4 is 6.29 Å². The monoisotopic (exact) mass is 182 g/mol. The first-order chi connectivity index (χ1) is 6.25. The zero-order valence-electron chi connectivity index (χ0n) is 8.29. The minimum Gasteiger partial charge on any atom is -0.380 e. The topological polar surface area (TPSA) is 26.3 Å². The molecule has 1 rings (SSSR count). The highest BCUT2D eigenvalue weighted by Gasteiger charge is 2.37. The molecular formula is C11H18O2. The molecular weight excluding hydrogens is 164 g/mol. The molecule has 1 fully saturated rings. The van der Waals surface area contributed by atoms with Crippen LogP contribution in [0.2, 0.25) is 0 Å². The van der Waals surface area contributed by atoms with E-state index in [1.165, 1.54) is 0 Å². The minimum absolute atomic E-state index is 0.244. The molecule has 1 saturated heterocycles. The molecule has 2 unspecified atom stereocenters. The fraction of sp³-hybridized carbons (Fsp3) is 0.727. The van der Waals surface area contributed by atoms with Gasteiger partial charge in [0, 0.05) is 6.61 Å². The zero-order chi connectivity index (χ0) is 9.73. The van der Waals surface area contributed by atoms with E-state index < -0.39 is 0 Å². The predicted molar refractivity (Wildman–Crippen MR) is 52.5 cm³/mol. The van der Waals surface area contributed by atoms with Gasteiger partial charge in [-0.2, -0.15) is 0 Å². The normalized spacial score (nSPS) is 30.8. The summed E-state index contributed by atoms with van der Waals surface area (Å²) in [7, 11) is 0. The maximum Gasteiger partial charge on any atom is 0.128 e. The number of carbonyl (C=O) groups is 1. The van der Waals surface area contributed by atoms with Crippen LogP contribution in [0.1, 0.15) is 26.2 Å². The van der Waals surface area contributed by atoms with E-state index in [0.717, 1.165) is 32.2 Å². The average Bonchev–Trinajstić information content (AvgIpc) is 2.19. The van der Waals surface area contributed by atoms with Crippen molar-refractivity contribution < 1.29 is 9.53 Å². The van der Waals surface area contributed by atoms with Gasteiger partial charge in [-0.15, -0.1) is 6.58 Å². The number of rotatable bonds is 4. The van der Waals surface area contributed by atoms with Crippen LogP contribution in [0.3, 0.4) is 0 Å². The lowest BCUT2D eigenvalue weighted by Crippen LogP contribution is -2.39. The van der Waals surface area contributed by atoms with Crippen molar-refractivity contribution in [3.05, 3.63) is 12.7 Å². The molecule has 1 aliphatic rings. The van der Waals surface area contributed by atoms with Crippen LogP contribution in [0, 0.1) is 11.3 Å². The van der Waals surface area contributed by atoms with Crippen LogP contribution in [0.4, 0.5) is 0 Å². The first-order valence-corrected chi connectivity index (χ1v) is 4.90. The van der Waals surface area contributed by atoms with Gasteiger partial charge in [-0.3, -0.25) is 0 Å². The average molecular weight is 182 g/mol. The molecule has 0 spiro atoms. The van der Waals surface area contributed by atoms with Crippen LogP contribution in [-0.4, -0.2) is 19.5 Å². The molecule has 0 saturated carbocycles. The molecule has 1 aliphatic heterocycles. The van der Waals surface area contributed by atoms with Crippen LogP contribution in [0.15, 0.2) is 12.7 Å². The molecule has 2 nitrogen and oxygen atoms in total. The number of aldehydes is 1. The van der Waals surface area contributed by atoms with Crippen LogP contribution in [-0.2, 0) is 9.53 Å². The van der Waals surface area contributed by atoms with E-state index in [0.29, 0.717) is 12.5 Å². The third-order valence-electron chi connectivity index (χ3n) is 3.04. The van der Waals surface area contributed by atoms with Crippen molar-refractivity contribution in [2.24, 2.45) is 11.3 Å². The van der Waals surface area contributed by atoms with Crippen molar-refractivity contribution in [2.45, 2.75) is 26.2 Å². The van der Waals surface area contributed by atoms with E-state index in [1.54, 1.807) is 0 Å². The molecule has 74 valence electrons. The molecule has 0 aromatic heterocycles. The van der Waals surface area contributed by atoms with Gasteiger partial charge in [-0.05, 0) is 25.2 Å². The highest BCUT2D eigenvalue weighted by atomic mass is 16.5. The Kier molecular flexibility index (Phi) is 3.67. The van der Waals surface area contributed by atoms with Crippen LogP contribution in [0.25, 0.3) is 0 Å². The van der Waals surface area contributed by atoms with Crippen molar-refractivity contribution in [3.8, 4) is 0 Å². The van der Waals surface area contributed by atoms with Crippen LogP contribution in [0.5, 0.6) is 0 Å². The summed E-state index contributed by atoms with van der Waals surface area (Å²) in [6.07, 6.45) is 5.82. The Balaban J connectivity index is 2.65. The lowest BCUT2D eigenvalue weighted by Gasteiger charge is -2.36. The van der Waals surface area contributed by atoms with Gasteiger partial charge < -0.3 is 9.53 Å². The van der Waals surface area contributed by atoms with E-state index in [-0.39, 0.29) is 5.41 Å². The summed E-state index contributed by atoms with van der Waals surface area (Å²) in [5, 5.41) is 0. The molecule has 0 aliphatic carbocycles. The molecule has 0 N–H and O–H groups in total. The quantitative estimate of drug-likeness (QED) is 0.492. The van der Waals surface area contributed by atoms with Crippen LogP contribution < -0.4 is 0 Å². The van der Waals surface area contributed by atoms with E-state index in [9.17, 15) is 4.79 Å². The van der Waals surface area contributed by atoms with E-state index in [4.69, 9.17) is 4.74 Å². The summed E-state index contributed by atoms with van der Waals surface area (Å²) in [6, 6.07) is 0. The fourth-order valence-electron chi connectivity index (χ4n) is 1.92. The summed E-state index contributed by atoms with van der Waals surface area (Å²) in [5.41, 5.74) is -0.244. The summed E-state index contributed by atoms with van der Waals surface area (Å²) >= 11 is 0. The number of hydrogen-bond donors (Lipinski definition) is 0. The Hall–Kier alpha value is -0.630. The fourth-order valence-corrected chi connectivity index (χ4v) is 1.92. The number of ether oxygens (including phenoxy) is 1. The summed E-state index contributed by atoms with van der Waals surface area (Å²) in [6.45, 7) is 7.20. The third kappa shape index (κ3) is 2.19. The van der Waals surface area contributed by atoms with Crippen molar-refractivity contribution in [1.82, 2.24) is 0 Å². The molecule has 0 bridgehead atoms. The molecule has 0 amide bonds.